The first-order valence-electron chi connectivity index (χ1n) is 6.37. The number of halogens is 1. The van der Waals surface area contributed by atoms with Crippen LogP contribution in [0.4, 0.5) is 0 Å². The van der Waals surface area contributed by atoms with E-state index >= 15 is 0 Å². The molecule has 0 heterocycles. The normalized spacial score (nSPS) is 12.3. The Bertz CT molecular complexity index is 612. The van der Waals surface area contributed by atoms with Gasteiger partial charge in [-0.3, -0.25) is 4.79 Å². The van der Waals surface area contributed by atoms with Crippen LogP contribution >= 0.6 is 15.9 Å². The molecular weight excluding hydrogens is 332 g/mol. The zero-order chi connectivity index (χ0) is 15.1. The number of hydrazone groups is 1. The topological polar surface area (TPSA) is 50.7 Å². The molecule has 0 fully saturated rings. The van der Waals surface area contributed by atoms with E-state index in [-0.39, 0.29) is 5.91 Å². The largest absolute Gasteiger partial charge is 0.367 e. The molecule has 0 radical (unpaired) electrons. The predicted molar refractivity (Wildman–Crippen MR) is 86.1 cm³/mol. The highest BCUT2D eigenvalue weighted by atomic mass is 79.9. The molecule has 2 aromatic carbocycles. The van der Waals surface area contributed by atoms with Crippen LogP contribution in [0.2, 0.25) is 0 Å². The zero-order valence-corrected chi connectivity index (χ0v) is 13.1. The van der Waals surface area contributed by atoms with E-state index in [2.05, 4.69) is 26.5 Å². The van der Waals surface area contributed by atoms with Crippen molar-refractivity contribution in [2.24, 2.45) is 5.10 Å². The van der Waals surface area contributed by atoms with Gasteiger partial charge in [-0.25, -0.2) is 5.43 Å². The molecule has 0 saturated heterocycles. The summed E-state index contributed by atoms with van der Waals surface area (Å²) in [4.78, 5) is 12.1. The van der Waals surface area contributed by atoms with Crippen molar-refractivity contribution < 1.29 is 9.53 Å². The summed E-state index contributed by atoms with van der Waals surface area (Å²) in [5.41, 5.74) is 4.17. The van der Waals surface area contributed by atoms with Crippen molar-refractivity contribution in [3.63, 3.8) is 0 Å². The van der Waals surface area contributed by atoms with Crippen LogP contribution in [-0.2, 0) is 9.53 Å². The maximum atomic E-state index is 12.1. The van der Waals surface area contributed by atoms with Crippen molar-refractivity contribution >= 4 is 28.1 Å². The SMILES string of the molecule is COC(C(=O)NN=Cc1ccc(Br)cc1)c1ccccc1. The monoisotopic (exact) mass is 346 g/mol. The van der Waals surface area contributed by atoms with E-state index in [1.165, 1.54) is 7.11 Å². The number of rotatable bonds is 5. The summed E-state index contributed by atoms with van der Waals surface area (Å²) in [5, 5.41) is 3.95. The van der Waals surface area contributed by atoms with Crippen molar-refractivity contribution in [1.82, 2.24) is 5.43 Å². The van der Waals surface area contributed by atoms with Gasteiger partial charge in [0, 0.05) is 11.6 Å². The summed E-state index contributed by atoms with van der Waals surface area (Å²) >= 11 is 3.36. The lowest BCUT2D eigenvalue weighted by Crippen LogP contribution is -2.26. The molecule has 2 aromatic rings. The molecule has 5 heteroatoms. The highest BCUT2D eigenvalue weighted by Gasteiger charge is 2.18. The smallest absolute Gasteiger partial charge is 0.273 e. The van der Waals surface area contributed by atoms with Crippen molar-refractivity contribution in [1.29, 1.82) is 0 Å². The second-order valence-corrected chi connectivity index (χ2v) is 5.23. The fraction of sp³-hybridized carbons (Fsp3) is 0.125. The maximum absolute atomic E-state index is 12.1. The number of carbonyl (C=O) groups is 1. The van der Waals surface area contributed by atoms with Crippen LogP contribution in [0, 0.1) is 0 Å². The van der Waals surface area contributed by atoms with Gasteiger partial charge < -0.3 is 4.74 Å². The third-order valence-electron chi connectivity index (χ3n) is 2.83. The van der Waals surface area contributed by atoms with Crippen LogP contribution in [0.5, 0.6) is 0 Å². The van der Waals surface area contributed by atoms with Crippen molar-refractivity contribution in [3.05, 3.63) is 70.2 Å². The molecule has 0 bridgehead atoms. The highest BCUT2D eigenvalue weighted by molar-refractivity contribution is 9.10. The number of nitrogens with one attached hydrogen (secondary N) is 1. The first-order valence-corrected chi connectivity index (χ1v) is 7.16. The van der Waals surface area contributed by atoms with Crippen LogP contribution in [-0.4, -0.2) is 19.2 Å². The minimum absolute atomic E-state index is 0.308. The van der Waals surface area contributed by atoms with Gasteiger partial charge >= 0.3 is 0 Å². The van der Waals surface area contributed by atoms with Gasteiger partial charge in [0.05, 0.1) is 6.21 Å². The maximum Gasteiger partial charge on any atom is 0.273 e. The second kappa shape index (κ2) is 7.71. The Kier molecular flexibility index (Phi) is 5.66. The van der Waals surface area contributed by atoms with Gasteiger partial charge in [0.2, 0.25) is 0 Å². The zero-order valence-electron chi connectivity index (χ0n) is 11.5. The van der Waals surface area contributed by atoms with Crippen LogP contribution in [0.25, 0.3) is 0 Å². The molecule has 0 aliphatic rings. The number of ether oxygens (including phenoxy) is 1. The van der Waals surface area contributed by atoms with Crippen molar-refractivity contribution in [2.75, 3.05) is 7.11 Å². The van der Waals surface area contributed by atoms with E-state index < -0.39 is 6.10 Å². The van der Waals surface area contributed by atoms with Crippen LogP contribution < -0.4 is 5.43 Å². The van der Waals surface area contributed by atoms with Gasteiger partial charge in [0.1, 0.15) is 0 Å². The molecule has 1 atom stereocenters. The molecule has 1 unspecified atom stereocenters. The summed E-state index contributed by atoms with van der Waals surface area (Å²) in [6.45, 7) is 0. The number of carbonyl (C=O) groups excluding carboxylic acids is 1. The van der Waals surface area contributed by atoms with Gasteiger partial charge in [-0.1, -0.05) is 58.4 Å². The lowest BCUT2D eigenvalue weighted by Gasteiger charge is -2.13. The summed E-state index contributed by atoms with van der Waals surface area (Å²) in [5.74, 6) is -0.308. The van der Waals surface area contributed by atoms with Gasteiger partial charge in [0.25, 0.3) is 5.91 Å². The number of amides is 1. The molecule has 0 aliphatic carbocycles. The van der Waals surface area contributed by atoms with Crippen LogP contribution in [0.3, 0.4) is 0 Å². The van der Waals surface area contributed by atoms with Gasteiger partial charge in [-0.2, -0.15) is 5.10 Å². The minimum Gasteiger partial charge on any atom is -0.367 e. The van der Waals surface area contributed by atoms with E-state index in [9.17, 15) is 4.79 Å². The average Bonchev–Trinajstić information content (AvgIpc) is 2.51. The van der Waals surface area contributed by atoms with E-state index in [4.69, 9.17) is 4.74 Å². The van der Waals surface area contributed by atoms with Crippen molar-refractivity contribution in [3.8, 4) is 0 Å². The summed E-state index contributed by atoms with van der Waals surface area (Å²) in [6, 6.07) is 16.9. The van der Waals surface area contributed by atoms with Crippen LogP contribution in [0.1, 0.15) is 17.2 Å². The Balaban J connectivity index is 1.98. The van der Waals surface area contributed by atoms with Gasteiger partial charge in [-0.15, -0.1) is 0 Å². The molecule has 4 nitrogen and oxygen atoms in total. The standard InChI is InChI=1S/C16H15BrN2O2/c1-21-15(13-5-3-2-4-6-13)16(20)19-18-11-12-7-9-14(17)10-8-12/h2-11,15H,1H3,(H,19,20). The molecule has 2 rings (SSSR count). The van der Waals surface area contributed by atoms with E-state index in [0.29, 0.717) is 0 Å². The Morgan fingerprint density at radius 2 is 1.86 bits per heavy atom. The summed E-state index contributed by atoms with van der Waals surface area (Å²) in [7, 11) is 1.50. The average molecular weight is 347 g/mol. The predicted octanol–water partition coefficient (Wildman–Crippen LogP) is 3.29. The molecule has 0 spiro atoms. The number of benzene rings is 2. The lowest BCUT2D eigenvalue weighted by molar-refractivity contribution is -0.131. The van der Waals surface area contributed by atoms with E-state index in [1.54, 1.807) is 6.21 Å². The highest BCUT2D eigenvalue weighted by Crippen LogP contribution is 2.16. The van der Waals surface area contributed by atoms with Gasteiger partial charge in [0.15, 0.2) is 6.10 Å². The third-order valence-corrected chi connectivity index (χ3v) is 3.36. The third kappa shape index (κ3) is 4.51. The second-order valence-electron chi connectivity index (χ2n) is 4.31. The Labute approximate surface area is 132 Å². The quantitative estimate of drug-likeness (QED) is 0.667. The van der Waals surface area contributed by atoms with Crippen LogP contribution in [0.15, 0.2) is 64.2 Å². The molecule has 1 N–H and O–H groups in total. The molecular formula is C16H15BrN2O2. The molecule has 21 heavy (non-hydrogen) atoms. The number of methoxy groups -OCH3 is 1. The fourth-order valence-corrected chi connectivity index (χ4v) is 2.06. The summed E-state index contributed by atoms with van der Waals surface area (Å²) in [6.07, 6.45) is 0.912. The fourth-order valence-electron chi connectivity index (χ4n) is 1.80. The molecule has 1 amide bonds. The summed E-state index contributed by atoms with van der Waals surface area (Å²) < 4.78 is 6.22. The van der Waals surface area contributed by atoms with Gasteiger partial charge in [-0.05, 0) is 23.3 Å². The first kappa shape index (κ1) is 15.4. The number of hydrogen-bond donors (Lipinski definition) is 1. The number of hydrogen-bond acceptors (Lipinski definition) is 3. The molecule has 0 aromatic heterocycles. The molecule has 108 valence electrons. The minimum atomic E-state index is -0.673. The number of nitrogens with zero attached hydrogens (tertiary/aromatic N) is 1. The lowest BCUT2D eigenvalue weighted by atomic mass is 10.1. The molecule has 0 saturated carbocycles. The van der Waals surface area contributed by atoms with E-state index in [1.807, 2.05) is 54.6 Å². The Morgan fingerprint density at radius 1 is 1.19 bits per heavy atom. The van der Waals surface area contributed by atoms with E-state index in [0.717, 1.165) is 15.6 Å². The molecule has 0 aliphatic heterocycles. The van der Waals surface area contributed by atoms with Crippen molar-refractivity contribution in [2.45, 2.75) is 6.10 Å². The first-order chi connectivity index (χ1) is 10.2. The Hall–Kier alpha value is -1.98. The Morgan fingerprint density at radius 3 is 2.48 bits per heavy atom.